The fourth-order valence-electron chi connectivity index (χ4n) is 3.15. The Morgan fingerprint density at radius 3 is 2.71 bits per heavy atom. The van der Waals surface area contributed by atoms with Gasteiger partial charge in [0.2, 0.25) is 0 Å². The van der Waals surface area contributed by atoms with E-state index in [1.54, 1.807) is 24.5 Å². The number of hydrogen-bond donors (Lipinski definition) is 0. The van der Waals surface area contributed by atoms with E-state index in [1.165, 1.54) is 4.88 Å². The van der Waals surface area contributed by atoms with Gasteiger partial charge in [0, 0.05) is 35.9 Å². The van der Waals surface area contributed by atoms with Crippen molar-refractivity contribution < 1.29 is 9.47 Å². The van der Waals surface area contributed by atoms with Crippen molar-refractivity contribution in [2.75, 3.05) is 20.3 Å². The molecule has 0 bridgehead atoms. The van der Waals surface area contributed by atoms with E-state index in [0.29, 0.717) is 21.7 Å². The van der Waals surface area contributed by atoms with Crippen LogP contribution in [0.3, 0.4) is 0 Å². The second-order valence-electron chi connectivity index (χ2n) is 8.10. The number of thiocarbonyl (C=S) groups is 1. The molecule has 0 saturated carbocycles. The van der Waals surface area contributed by atoms with Crippen molar-refractivity contribution in [1.29, 1.82) is 0 Å². The van der Waals surface area contributed by atoms with Gasteiger partial charge in [-0.2, -0.15) is 0 Å². The van der Waals surface area contributed by atoms with Crippen LogP contribution in [0.5, 0.6) is 5.75 Å². The van der Waals surface area contributed by atoms with E-state index in [1.807, 2.05) is 12.1 Å². The fourth-order valence-corrected chi connectivity index (χ4v) is 4.69. The van der Waals surface area contributed by atoms with E-state index in [-0.39, 0.29) is 5.41 Å². The topological polar surface area (TPSA) is 35.8 Å². The average molecular weight is 439 g/mol. The lowest BCUT2D eigenvalue weighted by atomic mass is 9.95. The molecular weight excluding hydrogens is 412 g/mol. The number of ether oxygens (including phenoxy) is 2. The van der Waals surface area contributed by atoms with Gasteiger partial charge in [-0.1, -0.05) is 44.6 Å². The van der Waals surface area contributed by atoms with Crippen LogP contribution >= 0.6 is 35.2 Å². The van der Waals surface area contributed by atoms with Crippen LogP contribution in [0.25, 0.3) is 0 Å². The zero-order valence-corrected chi connectivity index (χ0v) is 19.2. The summed E-state index contributed by atoms with van der Waals surface area (Å²) in [6.07, 6.45) is 4.40. The van der Waals surface area contributed by atoms with E-state index >= 15 is 0 Å². The Morgan fingerprint density at radius 2 is 2.07 bits per heavy atom. The minimum absolute atomic E-state index is 0.0607. The van der Waals surface area contributed by atoms with Crippen LogP contribution in [0, 0.1) is 5.92 Å². The molecule has 4 nitrogen and oxygen atoms in total. The van der Waals surface area contributed by atoms with Crippen molar-refractivity contribution in [2.24, 2.45) is 10.9 Å². The maximum absolute atomic E-state index is 6.17. The normalized spacial score (nSPS) is 16.4. The first-order valence-corrected chi connectivity index (χ1v) is 11.1. The quantitative estimate of drug-likeness (QED) is 0.614. The Bertz CT molecular complexity index is 906. The summed E-state index contributed by atoms with van der Waals surface area (Å²) in [6, 6.07) is 5.43. The number of hydrogen-bond acceptors (Lipinski definition) is 4. The highest BCUT2D eigenvalue weighted by Gasteiger charge is 2.21. The lowest BCUT2D eigenvalue weighted by Crippen LogP contribution is -2.25. The van der Waals surface area contributed by atoms with Gasteiger partial charge in [-0.25, -0.2) is 4.99 Å². The molecule has 0 amide bonds. The van der Waals surface area contributed by atoms with E-state index in [9.17, 15) is 0 Å². The molecule has 1 saturated heterocycles. The van der Waals surface area contributed by atoms with Gasteiger partial charge in [0.25, 0.3) is 0 Å². The Morgan fingerprint density at radius 1 is 1.36 bits per heavy atom. The molecule has 0 radical (unpaired) electrons. The third-order valence-corrected chi connectivity index (χ3v) is 6.84. The van der Waals surface area contributed by atoms with Crippen molar-refractivity contribution in [3.05, 3.63) is 44.7 Å². The van der Waals surface area contributed by atoms with E-state index < -0.39 is 0 Å². The minimum atomic E-state index is 0.0607. The maximum atomic E-state index is 6.17. The summed E-state index contributed by atoms with van der Waals surface area (Å²) in [5.41, 5.74) is 0.805. The summed E-state index contributed by atoms with van der Waals surface area (Å²) in [5, 5.41) is 0.616. The molecule has 7 heteroatoms. The van der Waals surface area contributed by atoms with Crippen LogP contribution in [0.1, 0.15) is 44.1 Å². The Labute approximate surface area is 181 Å². The molecule has 2 heterocycles. The van der Waals surface area contributed by atoms with Gasteiger partial charge in [0.15, 0.2) is 4.80 Å². The number of aromatic nitrogens is 1. The van der Waals surface area contributed by atoms with Gasteiger partial charge in [-0.3, -0.25) is 0 Å². The summed E-state index contributed by atoms with van der Waals surface area (Å²) in [5.74, 6) is 1.28. The number of nitrogens with zero attached hydrogens (tertiary/aromatic N) is 2. The highest BCUT2D eigenvalue weighted by Crippen LogP contribution is 2.27. The molecule has 0 aliphatic carbocycles. The lowest BCUT2D eigenvalue weighted by molar-refractivity contribution is 0.0610. The van der Waals surface area contributed by atoms with Crippen LogP contribution in [-0.2, 0) is 16.7 Å². The zero-order chi connectivity index (χ0) is 20.3. The zero-order valence-electron chi connectivity index (χ0n) is 16.8. The van der Waals surface area contributed by atoms with E-state index in [0.717, 1.165) is 43.0 Å². The highest BCUT2D eigenvalue weighted by molar-refractivity contribution is 7.80. The van der Waals surface area contributed by atoms with Crippen LogP contribution in [0.4, 0.5) is 0 Å². The molecule has 152 valence electrons. The summed E-state index contributed by atoms with van der Waals surface area (Å²) in [4.78, 5) is 7.52. The monoisotopic (exact) mass is 438 g/mol. The summed E-state index contributed by atoms with van der Waals surface area (Å²) < 4.78 is 13.2. The molecule has 0 N–H and O–H groups in total. The molecule has 1 aliphatic heterocycles. The van der Waals surface area contributed by atoms with Crippen LogP contribution in [-0.4, -0.2) is 29.9 Å². The predicted octanol–water partition coefficient (Wildman–Crippen LogP) is 5.21. The summed E-state index contributed by atoms with van der Waals surface area (Å²) >= 11 is 13.5. The van der Waals surface area contributed by atoms with Crippen molar-refractivity contribution in [1.82, 2.24) is 4.57 Å². The highest BCUT2D eigenvalue weighted by atomic mass is 35.5. The largest absolute Gasteiger partial charge is 0.496 e. The van der Waals surface area contributed by atoms with Crippen LogP contribution < -0.4 is 9.54 Å². The SMILES string of the molecule is COc1ccc(Cl)cc1C(=S)/N=c1\sc(C(C)(C)C)cn1CC1CCOCC1. The smallest absolute Gasteiger partial charge is 0.191 e. The van der Waals surface area contributed by atoms with Crippen molar-refractivity contribution >= 4 is 40.1 Å². The van der Waals surface area contributed by atoms with E-state index in [4.69, 9.17) is 38.3 Å². The molecule has 1 aromatic heterocycles. The predicted molar refractivity (Wildman–Crippen MR) is 120 cm³/mol. The van der Waals surface area contributed by atoms with Gasteiger partial charge in [0.05, 0.1) is 12.7 Å². The standard InChI is InChI=1S/C21H27ClN2O2S2/c1-21(2,3)18-13-24(12-14-7-9-26-10-8-14)20(28-18)23-19(27)16-11-15(22)5-6-17(16)25-4/h5-6,11,13-14H,7-10,12H2,1-4H3/b23-20-. The van der Waals surface area contributed by atoms with Gasteiger partial charge in [0.1, 0.15) is 10.7 Å². The van der Waals surface area contributed by atoms with Gasteiger partial charge < -0.3 is 14.0 Å². The van der Waals surface area contributed by atoms with Gasteiger partial charge in [-0.05, 0) is 42.4 Å². The van der Waals surface area contributed by atoms with Gasteiger partial charge in [-0.15, -0.1) is 11.3 Å². The molecule has 1 aromatic carbocycles. The molecule has 0 spiro atoms. The van der Waals surface area contributed by atoms with Crippen molar-refractivity contribution in [3.8, 4) is 5.75 Å². The number of methoxy groups -OCH3 is 1. The van der Waals surface area contributed by atoms with E-state index in [2.05, 4.69) is 31.5 Å². The van der Waals surface area contributed by atoms with Crippen LogP contribution in [0.15, 0.2) is 29.4 Å². The average Bonchev–Trinajstić information content (AvgIpc) is 3.05. The number of thiazole rings is 1. The Kier molecular flexibility index (Phi) is 6.97. The molecule has 3 rings (SSSR count). The van der Waals surface area contributed by atoms with Crippen molar-refractivity contribution in [3.63, 3.8) is 0 Å². The number of halogens is 1. The molecule has 0 unspecified atom stereocenters. The Hall–Kier alpha value is -1.21. The number of rotatable bonds is 4. The van der Waals surface area contributed by atoms with Crippen LogP contribution in [0.2, 0.25) is 5.02 Å². The fraction of sp³-hybridized carbons (Fsp3) is 0.524. The summed E-state index contributed by atoms with van der Waals surface area (Å²) in [7, 11) is 1.63. The Balaban J connectivity index is 2.00. The molecule has 2 aromatic rings. The first-order valence-electron chi connectivity index (χ1n) is 9.49. The first-order chi connectivity index (χ1) is 13.3. The molecule has 28 heavy (non-hydrogen) atoms. The molecule has 0 atom stereocenters. The lowest BCUT2D eigenvalue weighted by Gasteiger charge is -2.22. The molecule has 1 fully saturated rings. The molecule has 1 aliphatic rings. The molecular formula is C21H27ClN2O2S2. The summed E-state index contributed by atoms with van der Waals surface area (Å²) in [6.45, 7) is 9.28. The number of benzene rings is 1. The second-order valence-corrected chi connectivity index (χ2v) is 9.93. The third kappa shape index (κ3) is 5.23. The van der Waals surface area contributed by atoms with Crippen molar-refractivity contribution in [2.45, 2.75) is 45.6 Å². The minimum Gasteiger partial charge on any atom is -0.496 e. The maximum Gasteiger partial charge on any atom is 0.191 e. The second kappa shape index (κ2) is 9.08. The van der Waals surface area contributed by atoms with Gasteiger partial charge >= 0.3 is 0 Å². The first kappa shape index (κ1) is 21.5. The third-order valence-electron chi connectivity index (χ3n) is 4.84.